The maximum atomic E-state index is 3.77. The Balaban J connectivity index is 1.82. The van der Waals surface area contributed by atoms with Crippen LogP contribution in [0.3, 0.4) is 0 Å². The van der Waals surface area contributed by atoms with E-state index in [1.54, 1.807) is 0 Å². The lowest BCUT2D eigenvalue weighted by Crippen LogP contribution is -2.45. The van der Waals surface area contributed by atoms with Gasteiger partial charge in [0.15, 0.2) is 0 Å². The van der Waals surface area contributed by atoms with Crippen molar-refractivity contribution < 1.29 is 0 Å². The highest BCUT2D eigenvalue weighted by molar-refractivity contribution is 4.85. The van der Waals surface area contributed by atoms with Crippen molar-refractivity contribution in [2.24, 2.45) is 11.8 Å². The number of hydrogen-bond acceptors (Lipinski definition) is 2. The van der Waals surface area contributed by atoms with Gasteiger partial charge in [0.2, 0.25) is 0 Å². The summed E-state index contributed by atoms with van der Waals surface area (Å²) in [5.41, 5.74) is 0. The molecule has 0 aromatic carbocycles. The molecule has 2 aliphatic rings. The normalized spacial score (nSPS) is 22.8. The van der Waals surface area contributed by atoms with Crippen molar-refractivity contribution in [2.75, 3.05) is 26.2 Å². The predicted molar refractivity (Wildman–Crippen MR) is 78.9 cm³/mol. The molecule has 2 heteroatoms. The Kier molecular flexibility index (Phi) is 5.97. The van der Waals surface area contributed by atoms with Gasteiger partial charge in [-0.05, 0) is 57.0 Å². The van der Waals surface area contributed by atoms with Gasteiger partial charge in [0.05, 0.1) is 0 Å². The van der Waals surface area contributed by atoms with Crippen LogP contribution < -0.4 is 5.32 Å². The highest BCUT2D eigenvalue weighted by atomic mass is 15.2. The molecule has 2 saturated carbocycles. The Labute approximate surface area is 114 Å². The fourth-order valence-corrected chi connectivity index (χ4v) is 3.52. The first-order valence-electron chi connectivity index (χ1n) is 8.29. The monoisotopic (exact) mass is 252 g/mol. The van der Waals surface area contributed by atoms with Gasteiger partial charge in [-0.25, -0.2) is 0 Å². The molecule has 2 nitrogen and oxygen atoms in total. The lowest BCUT2D eigenvalue weighted by Gasteiger charge is -2.31. The molecule has 0 bridgehead atoms. The van der Waals surface area contributed by atoms with Crippen LogP contribution in [0.25, 0.3) is 0 Å². The van der Waals surface area contributed by atoms with E-state index in [1.165, 1.54) is 64.6 Å². The average Bonchev–Trinajstić information content (AvgIpc) is 3.00. The molecule has 0 aromatic heterocycles. The molecule has 2 rings (SSSR count). The van der Waals surface area contributed by atoms with Crippen LogP contribution in [-0.4, -0.2) is 37.1 Å². The molecule has 1 unspecified atom stereocenters. The van der Waals surface area contributed by atoms with E-state index in [9.17, 15) is 0 Å². The molecule has 106 valence electrons. The Hall–Kier alpha value is -0.0800. The van der Waals surface area contributed by atoms with E-state index in [1.807, 2.05) is 0 Å². The molecule has 0 amide bonds. The van der Waals surface area contributed by atoms with E-state index < -0.39 is 0 Å². The third-order valence-corrected chi connectivity index (χ3v) is 4.64. The predicted octanol–water partition coefficient (Wildman–Crippen LogP) is 3.28. The number of rotatable bonds is 9. The molecule has 1 atom stereocenters. The van der Waals surface area contributed by atoms with Gasteiger partial charge >= 0.3 is 0 Å². The summed E-state index contributed by atoms with van der Waals surface area (Å²) in [6.45, 7) is 9.66. The molecule has 0 saturated heterocycles. The summed E-state index contributed by atoms with van der Waals surface area (Å²) in [5.74, 6) is 1.98. The summed E-state index contributed by atoms with van der Waals surface area (Å²) in [7, 11) is 0. The van der Waals surface area contributed by atoms with Gasteiger partial charge in [-0.3, -0.25) is 0 Å². The van der Waals surface area contributed by atoms with E-state index in [0.717, 1.165) is 24.4 Å². The Morgan fingerprint density at radius 2 is 1.83 bits per heavy atom. The minimum atomic E-state index is 0.753. The van der Waals surface area contributed by atoms with E-state index >= 15 is 0 Å². The third-order valence-electron chi connectivity index (χ3n) is 4.64. The van der Waals surface area contributed by atoms with Crippen LogP contribution in [0.2, 0.25) is 0 Å². The maximum absolute atomic E-state index is 3.77. The first kappa shape index (κ1) is 14.3. The molecule has 0 spiro atoms. The smallest absolute Gasteiger partial charge is 0.0223 e. The molecule has 2 aliphatic carbocycles. The van der Waals surface area contributed by atoms with Crippen molar-refractivity contribution in [1.29, 1.82) is 0 Å². The van der Waals surface area contributed by atoms with Crippen LogP contribution in [0.5, 0.6) is 0 Å². The SMILES string of the molecule is CCCN(CC1CC1)CC(NCC)C1CCCC1. The van der Waals surface area contributed by atoms with Gasteiger partial charge < -0.3 is 10.2 Å². The summed E-state index contributed by atoms with van der Waals surface area (Å²) < 4.78 is 0. The fraction of sp³-hybridized carbons (Fsp3) is 1.00. The van der Waals surface area contributed by atoms with Gasteiger partial charge in [0, 0.05) is 19.1 Å². The van der Waals surface area contributed by atoms with E-state index in [4.69, 9.17) is 0 Å². The second-order valence-corrected chi connectivity index (χ2v) is 6.41. The molecule has 0 radical (unpaired) electrons. The number of hydrogen-bond donors (Lipinski definition) is 1. The van der Waals surface area contributed by atoms with Crippen LogP contribution in [0.1, 0.15) is 58.8 Å². The van der Waals surface area contributed by atoms with Gasteiger partial charge in [0.1, 0.15) is 0 Å². The summed E-state index contributed by atoms with van der Waals surface area (Å²) in [6, 6.07) is 0.753. The first-order chi connectivity index (χ1) is 8.83. The van der Waals surface area contributed by atoms with Crippen molar-refractivity contribution in [3.63, 3.8) is 0 Å². The lowest BCUT2D eigenvalue weighted by molar-refractivity contribution is 0.203. The lowest BCUT2D eigenvalue weighted by atomic mass is 9.97. The molecule has 0 aliphatic heterocycles. The topological polar surface area (TPSA) is 15.3 Å². The molecular formula is C16H32N2. The second kappa shape index (κ2) is 7.49. The maximum Gasteiger partial charge on any atom is 0.0223 e. The highest BCUT2D eigenvalue weighted by Gasteiger charge is 2.29. The van der Waals surface area contributed by atoms with Crippen molar-refractivity contribution in [1.82, 2.24) is 10.2 Å². The van der Waals surface area contributed by atoms with Gasteiger partial charge in [-0.15, -0.1) is 0 Å². The fourth-order valence-electron chi connectivity index (χ4n) is 3.52. The number of likely N-dealkylation sites (N-methyl/N-ethyl adjacent to an activating group) is 1. The summed E-state index contributed by atoms with van der Waals surface area (Å²) in [4.78, 5) is 2.74. The summed E-state index contributed by atoms with van der Waals surface area (Å²) >= 11 is 0. The molecule has 0 heterocycles. The minimum Gasteiger partial charge on any atom is -0.313 e. The van der Waals surface area contributed by atoms with Crippen LogP contribution in [-0.2, 0) is 0 Å². The highest BCUT2D eigenvalue weighted by Crippen LogP contribution is 2.31. The van der Waals surface area contributed by atoms with Gasteiger partial charge in [0.25, 0.3) is 0 Å². The zero-order valence-electron chi connectivity index (χ0n) is 12.5. The molecular weight excluding hydrogens is 220 g/mol. The van der Waals surface area contributed by atoms with Crippen LogP contribution in [0.15, 0.2) is 0 Å². The quantitative estimate of drug-likeness (QED) is 0.677. The summed E-state index contributed by atoms with van der Waals surface area (Å²) in [6.07, 6.45) is 10.1. The molecule has 1 N–H and O–H groups in total. The van der Waals surface area contributed by atoms with Crippen molar-refractivity contribution in [3.8, 4) is 0 Å². The average molecular weight is 252 g/mol. The van der Waals surface area contributed by atoms with Crippen molar-refractivity contribution in [2.45, 2.75) is 64.8 Å². The molecule has 2 fully saturated rings. The zero-order valence-corrected chi connectivity index (χ0v) is 12.5. The zero-order chi connectivity index (χ0) is 12.8. The van der Waals surface area contributed by atoms with Crippen LogP contribution in [0.4, 0.5) is 0 Å². The number of nitrogens with zero attached hydrogens (tertiary/aromatic N) is 1. The van der Waals surface area contributed by atoms with E-state index in [-0.39, 0.29) is 0 Å². The second-order valence-electron chi connectivity index (χ2n) is 6.41. The van der Waals surface area contributed by atoms with Gasteiger partial charge in [-0.2, -0.15) is 0 Å². The third kappa shape index (κ3) is 4.55. The Morgan fingerprint density at radius 3 is 2.39 bits per heavy atom. The van der Waals surface area contributed by atoms with Crippen LogP contribution in [0, 0.1) is 11.8 Å². The van der Waals surface area contributed by atoms with Crippen molar-refractivity contribution >= 4 is 0 Å². The van der Waals surface area contributed by atoms with Gasteiger partial charge in [-0.1, -0.05) is 26.7 Å². The van der Waals surface area contributed by atoms with E-state index in [0.29, 0.717) is 0 Å². The minimum absolute atomic E-state index is 0.753. The standard InChI is InChI=1S/C16H32N2/c1-3-11-18(12-14-9-10-14)13-16(17-4-2)15-7-5-6-8-15/h14-17H,3-13H2,1-2H3. The van der Waals surface area contributed by atoms with E-state index in [2.05, 4.69) is 24.1 Å². The summed E-state index contributed by atoms with van der Waals surface area (Å²) in [5, 5.41) is 3.77. The largest absolute Gasteiger partial charge is 0.313 e. The number of nitrogens with one attached hydrogen (secondary N) is 1. The first-order valence-corrected chi connectivity index (χ1v) is 8.29. The van der Waals surface area contributed by atoms with Crippen molar-refractivity contribution in [3.05, 3.63) is 0 Å². The molecule has 0 aromatic rings. The molecule has 18 heavy (non-hydrogen) atoms. The Morgan fingerprint density at radius 1 is 1.11 bits per heavy atom. The van der Waals surface area contributed by atoms with Crippen LogP contribution >= 0.6 is 0 Å². The Bertz CT molecular complexity index is 219.